The van der Waals surface area contributed by atoms with Gasteiger partial charge in [0.25, 0.3) is 0 Å². The van der Waals surface area contributed by atoms with E-state index in [0.717, 1.165) is 6.42 Å². The fourth-order valence-electron chi connectivity index (χ4n) is 0.993. The van der Waals surface area contributed by atoms with E-state index in [9.17, 15) is 0 Å². The summed E-state index contributed by atoms with van der Waals surface area (Å²) in [5.74, 6) is 0.570. The molecule has 6 heteroatoms. The zero-order chi connectivity index (χ0) is 10.7. The highest BCUT2D eigenvalue weighted by molar-refractivity contribution is 6.32. The Balaban J connectivity index is 2.99. The van der Waals surface area contributed by atoms with Crippen LogP contribution in [0.25, 0.3) is 0 Å². The van der Waals surface area contributed by atoms with Crippen molar-refractivity contribution in [3.8, 4) is 0 Å². The van der Waals surface area contributed by atoms with E-state index in [1.165, 1.54) is 0 Å². The maximum Gasteiger partial charge on any atom is 0.245 e. The van der Waals surface area contributed by atoms with Crippen molar-refractivity contribution in [1.29, 1.82) is 0 Å². The lowest BCUT2D eigenvalue weighted by Crippen LogP contribution is -2.29. The second-order valence-corrected chi connectivity index (χ2v) is 3.76. The number of anilines is 1. The van der Waals surface area contributed by atoms with Crippen LogP contribution in [0, 0.1) is 0 Å². The first-order valence-electron chi connectivity index (χ1n) is 4.34. The number of aromatic nitrogens is 3. The number of nitrogens with zero attached hydrogens (tertiary/aromatic N) is 4. The Morgan fingerprint density at radius 2 is 2.00 bits per heavy atom. The van der Waals surface area contributed by atoms with Gasteiger partial charge in [-0.05, 0) is 24.9 Å². The Bertz CT molecular complexity index is 318. The van der Waals surface area contributed by atoms with Crippen molar-refractivity contribution in [2.24, 2.45) is 0 Å². The molecule has 0 aliphatic heterocycles. The van der Waals surface area contributed by atoms with Crippen molar-refractivity contribution >= 4 is 29.0 Å². The summed E-state index contributed by atoms with van der Waals surface area (Å²) in [4.78, 5) is 5.96. The quantitative estimate of drug-likeness (QED) is 0.806. The monoisotopic (exact) mass is 234 g/mol. The van der Waals surface area contributed by atoms with Crippen molar-refractivity contribution in [3.63, 3.8) is 0 Å². The lowest BCUT2D eigenvalue weighted by atomic mass is 10.2. The SMILES string of the molecule is CCC(C)N(C)c1nc(Cl)nnc1Cl. The van der Waals surface area contributed by atoms with Gasteiger partial charge in [0.05, 0.1) is 0 Å². The molecule has 0 fully saturated rings. The van der Waals surface area contributed by atoms with Crippen LogP contribution in [0.1, 0.15) is 20.3 Å². The van der Waals surface area contributed by atoms with E-state index in [1.54, 1.807) is 0 Å². The predicted molar refractivity (Wildman–Crippen MR) is 58.0 cm³/mol. The van der Waals surface area contributed by atoms with Crippen molar-refractivity contribution in [3.05, 3.63) is 10.4 Å². The minimum atomic E-state index is 0.111. The minimum Gasteiger partial charge on any atom is -0.354 e. The van der Waals surface area contributed by atoms with Gasteiger partial charge in [0.15, 0.2) is 11.0 Å². The van der Waals surface area contributed by atoms with E-state index in [1.807, 2.05) is 11.9 Å². The summed E-state index contributed by atoms with van der Waals surface area (Å²) in [7, 11) is 1.90. The average Bonchev–Trinajstić information content (AvgIpc) is 2.19. The third-order valence-electron chi connectivity index (χ3n) is 2.19. The molecule has 0 saturated carbocycles. The maximum absolute atomic E-state index is 5.86. The third-order valence-corrected chi connectivity index (χ3v) is 2.59. The summed E-state index contributed by atoms with van der Waals surface area (Å²) < 4.78 is 0. The Morgan fingerprint density at radius 3 is 2.57 bits per heavy atom. The third kappa shape index (κ3) is 2.45. The molecule has 1 rings (SSSR count). The average molecular weight is 235 g/mol. The maximum atomic E-state index is 5.86. The molecule has 0 bridgehead atoms. The van der Waals surface area contributed by atoms with Crippen LogP contribution in [0.2, 0.25) is 10.4 Å². The standard InChI is InChI=1S/C8H12Cl2N4/c1-4-5(2)14(3)7-6(9)12-13-8(10)11-7/h5H,4H2,1-3H3. The van der Waals surface area contributed by atoms with Gasteiger partial charge in [-0.3, -0.25) is 0 Å². The first-order valence-corrected chi connectivity index (χ1v) is 5.10. The van der Waals surface area contributed by atoms with E-state index < -0.39 is 0 Å². The van der Waals surface area contributed by atoms with E-state index in [-0.39, 0.29) is 10.4 Å². The highest BCUT2D eigenvalue weighted by Gasteiger charge is 2.14. The molecule has 0 aromatic carbocycles. The lowest BCUT2D eigenvalue weighted by molar-refractivity contribution is 0.653. The molecule has 14 heavy (non-hydrogen) atoms. The Labute approximate surface area is 93.2 Å². The van der Waals surface area contributed by atoms with E-state index in [4.69, 9.17) is 23.2 Å². The fourth-order valence-corrected chi connectivity index (χ4v) is 1.32. The summed E-state index contributed by atoms with van der Waals surface area (Å²) >= 11 is 11.5. The zero-order valence-corrected chi connectivity index (χ0v) is 9.84. The van der Waals surface area contributed by atoms with Crippen LogP contribution in [0.15, 0.2) is 0 Å². The van der Waals surface area contributed by atoms with Gasteiger partial charge in [0, 0.05) is 13.1 Å². The molecule has 0 N–H and O–H groups in total. The van der Waals surface area contributed by atoms with Crippen molar-refractivity contribution in [2.75, 3.05) is 11.9 Å². The van der Waals surface area contributed by atoms with Gasteiger partial charge in [0.1, 0.15) is 0 Å². The van der Waals surface area contributed by atoms with Crippen LogP contribution < -0.4 is 4.90 Å². The summed E-state index contributed by atoms with van der Waals surface area (Å²) in [6.07, 6.45) is 0.994. The summed E-state index contributed by atoms with van der Waals surface area (Å²) in [5, 5.41) is 7.63. The van der Waals surface area contributed by atoms with Crippen LogP contribution in [0.4, 0.5) is 5.82 Å². The molecule has 0 radical (unpaired) electrons. The summed E-state index contributed by atoms with van der Waals surface area (Å²) in [6.45, 7) is 4.16. The number of hydrogen-bond donors (Lipinski definition) is 0. The molecule has 0 amide bonds. The molecule has 1 aromatic rings. The molecule has 0 saturated heterocycles. The molecular weight excluding hydrogens is 223 g/mol. The molecule has 1 heterocycles. The summed E-state index contributed by atoms with van der Waals surface area (Å²) in [5.41, 5.74) is 0. The smallest absolute Gasteiger partial charge is 0.245 e. The zero-order valence-electron chi connectivity index (χ0n) is 8.33. The second-order valence-electron chi connectivity index (χ2n) is 3.06. The minimum absolute atomic E-state index is 0.111. The van der Waals surface area contributed by atoms with Gasteiger partial charge in [-0.15, -0.1) is 10.2 Å². The number of halogens is 2. The first kappa shape index (κ1) is 11.5. The van der Waals surface area contributed by atoms with E-state index in [0.29, 0.717) is 11.9 Å². The highest BCUT2D eigenvalue weighted by atomic mass is 35.5. The van der Waals surface area contributed by atoms with Gasteiger partial charge in [-0.2, -0.15) is 4.98 Å². The lowest BCUT2D eigenvalue weighted by Gasteiger charge is -2.24. The molecule has 0 spiro atoms. The topological polar surface area (TPSA) is 41.9 Å². The molecule has 1 atom stereocenters. The highest BCUT2D eigenvalue weighted by Crippen LogP contribution is 2.22. The molecular formula is C8H12Cl2N4. The number of hydrogen-bond acceptors (Lipinski definition) is 4. The Hall–Kier alpha value is -0.610. The number of rotatable bonds is 3. The van der Waals surface area contributed by atoms with E-state index in [2.05, 4.69) is 29.0 Å². The van der Waals surface area contributed by atoms with Gasteiger partial charge in [-0.1, -0.05) is 18.5 Å². The molecule has 78 valence electrons. The van der Waals surface area contributed by atoms with Crippen LogP contribution in [-0.2, 0) is 0 Å². The van der Waals surface area contributed by atoms with Gasteiger partial charge in [0.2, 0.25) is 5.28 Å². The molecule has 0 aliphatic rings. The van der Waals surface area contributed by atoms with Gasteiger partial charge < -0.3 is 4.90 Å². The molecule has 0 aliphatic carbocycles. The van der Waals surface area contributed by atoms with Crippen molar-refractivity contribution < 1.29 is 0 Å². The van der Waals surface area contributed by atoms with Gasteiger partial charge >= 0.3 is 0 Å². The first-order chi connectivity index (χ1) is 6.56. The normalized spacial score (nSPS) is 12.6. The van der Waals surface area contributed by atoms with Crippen molar-refractivity contribution in [1.82, 2.24) is 15.2 Å². The molecule has 1 unspecified atom stereocenters. The van der Waals surface area contributed by atoms with E-state index >= 15 is 0 Å². The largest absolute Gasteiger partial charge is 0.354 e. The Kier molecular flexibility index (Phi) is 3.89. The molecule has 4 nitrogen and oxygen atoms in total. The van der Waals surface area contributed by atoms with Crippen molar-refractivity contribution in [2.45, 2.75) is 26.3 Å². The summed E-state index contributed by atoms with van der Waals surface area (Å²) in [6, 6.07) is 0.334. The van der Waals surface area contributed by atoms with Gasteiger partial charge in [-0.25, -0.2) is 0 Å². The van der Waals surface area contributed by atoms with Crippen LogP contribution in [-0.4, -0.2) is 28.3 Å². The fraction of sp³-hybridized carbons (Fsp3) is 0.625. The predicted octanol–water partition coefficient (Wildman–Crippen LogP) is 2.41. The second kappa shape index (κ2) is 4.75. The van der Waals surface area contributed by atoms with Crippen LogP contribution in [0.3, 0.4) is 0 Å². The molecule has 1 aromatic heterocycles. The Morgan fingerprint density at radius 1 is 1.36 bits per heavy atom. The van der Waals surface area contributed by atoms with Crippen LogP contribution in [0.5, 0.6) is 0 Å². The van der Waals surface area contributed by atoms with Crippen LogP contribution >= 0.6 is 23.2 Å².